The van der Waals surface area contributed by atoms with Gasteiger partial charge in [-0.1, -0.05) is 6.92 Å². The number of carbonyl (C=O) groups is 1. The summed E-state index contributed by atoms with van der Waals surface area (Å²) >= 11 is 0. The van der Waals surface area contributed by atoms with Crippen molar-refractivity contribution in [2.75, 3.05) is 46.2 Å². The van der Waals surface area contributed by atoms with Gasteiger partial charge in [0.1, 0.15) is 31.0 Å². The molecule has 0 aromatic carbocycles. The summed E-state index contributed by atoms with van der Waals surface area (Å²) in [5.74, 6) is -0.378. The average molecular weight is 367 g/mol. The molecule has 1 aliphatic heterocycles. The van der Waals surface area contributed by atoms with E-state index in [0.29, 0.717) is 33.0 Å². The van der Waals surface area contributed by atoms with Crippen LogP contribution < -0.4 is 5.32 Å². The Hall–Kier alpha value is -0.850. The molecule has 0 bridgehead atoms. The SMILES string of the molecule is CCCOCCOCCNC(=O)COCC1O[C@@H](O)C(O)[C@@H](O)[C@@H]1O. The molecule has 0 aromatic heterocycles. The number of hydrogen-bond donors (Lipinski definition) is 5. The second kappa shape index (κ2) is 12.5. The molecular weight excluding hydrogens is 338 g/mol. The summed E-state index contributed by atoms with van der Waals surface area (Å²) in [6, 6.07) is 0. The molecule has 5 N–H and O–H groups in total. The van der Waals surface area contributed by atoms with Crippen LogP contribution in [0, 0.1) is 0 Å². The first kappa shape index (κ1) is 22.2. The summed E-state index contributed by atoms with van der Waals surface area (Å²) < 4.78 is 20.5. The topological polar surface area (TPSA) is 147 Å². The molecule has 1 saturated heterocycles. The fourth-order valence-corrected chi connectivity index (χ4v) is 2.12. The summed E-state index contributed by atoms with van der Waals surface area (Å²) in [6.07, 6.45) is -6.29. The van der Waals surface area contributed by atoms with Gasteiger partial charge in [-0.3, -0.25) is 4.79 Å². The largest absolute Gasteiger partial charge is 0.387 e. The predicted molar refractivity (Wildman–Crippen MR) is 84.7 cm³/mol. The van der Waals surface area contributed by atoms with E-state index in [0.717, 1.165) is 6.42 Å². The van der Waals surface area contributed by atoms with Crippen molar-refractivity contribution in [1.29, 1.82) is 0 Å². The van der Waals surface area contributed by atoms with Crippen LogP contribution in [0.3, 0.4) is 0 Å². The van der Waals surface area contributed by atoms with Gasteiger partial charge >= 0.3 is 0 Å². The molecule has 1 heterocycles. The Morgan fingerprint density at radius 3 is 2.32 bits per heavy atom. The number of hydrogen-bond acceptors (Lipinski definition) is 9. The number of carbonyl (C=O) groups excluding carboxylic acids is 1. The van der Waals surface area contributed by atoms with E-state index in [1.807, 2.05) is 6.92 Å². The lowest BCUT2D eigenvalue weighted by Crippen LogP contribution is -2.58. The molecule has 5 atom stereocenters. The number of rotatable bonds is 12. The Balaban J connectivity index is 2.05. The second-order valence-electron chi connectivity index (χ2n) is 5.63. The van der Waals surface area contributed by atoms with Crippen molar-refractivity contribution in [3.05, 3.63) is 0 Å². The molecule has 25 heavy (non-hydrogen) atoms. The first-order valence-electron chi connectivity index (χ1n) is 8.35. The van der Waals surface area contributed by atoms with E-state index in [1.54, 1.807) is 0 Å². The summed E-state index contributed by atoms with van der Waals surface area (Å²) in [5, 5.41) is 40.6. The molecule has 148 valence electrons. The maximum Gasteiger partial charge on any atom is 0.246 e. The third kappa shape index (κ3) is 8.38. The van der Waals surface area contributed by atoms with Gasteiger partial charge in [0.2, 0.25) is 5.91 Å². The number of nitrogens with one attached hydrogen (secondary N) is 1. The van der Waals surface area contributed by atoms with Gasteiger partial charge in [-0.2, -0.15) is 0 Å². The van der Waals surface area contributed by atoms with Crippen molar-refractivity contribution in [3.8, 4) is 0 Å². The van der Waals surface area contributed by atoms with Crippen LogP contribution in [0.4, 0.5) is 0 Å². The lowest BCUT2D eigenvalue weighted by Gasteiger charge is -2.38. The van der Waals surface area contributed by atoms with Crippen molar-refractivity contribution in [1.82, 2.24) is 5.32 Å². The summed E-state index contributed by atoms with van der Waals surface area (Å²) in [4.78, 5) is 11.6. The van der Waals surface area contributed by atoms with E-state index < -0.39 is 30.7 Å². The molecule has 0 radical (unpaired) electrons. The zero-order valence-corrected chi connectivity index (χ0v) is 14.4. The maximum atomic E-state index is 11.6. The normalized spacial score (nSPS) is 29.6. The lowest BCUT2D eigenvalue weighted by atomic mass is 9.99. The molecule has 1 amide bonds. The van der Waals surface area contributed by atoms with E-state index in [1.165, 1.54) is 0 Å². The van der Waals surface area contributed by atoms with Crippen molar-refractivity contribution >= 4 is 5.91 Å². The summed E-state index contributed by atoms with van der Waals surface area (Å²) in [5.41, 5.74) is 0. The predicted octanol–water partition coefficient (Wildman–Crippen LogP) is -2.64. The van der Waals surface area contributed by atoms with Crippen LogP contribution in [-0.4, -0.2) is 103 Å². The Kier molecular flexibility index (Phi) is 11.1. The van der Waals surface area contributed by atoms with Crippen LogP contribution in [0.2, 0.25) is 0 Å². The molecule has 1 rings (SSSR count). The van der Waals surface area contributed by atoms with Gasteiger partial charge in [-0.25, -0.2) is 0 Å². The molecule has 0 spiro atoms. The van der Waals surface area contributed by atoms with Gasteiger partial charge in [0, 0.05) is 13.2 Å². The Labute approximate surface area is 146 Å². The van der Waals surface area contributed by atoms with Crippen molar-refractivity contribution < 1.29 is 44.2 Å². The molecule has 1 fully saturated rings. The highest BCUT2D eigenvalue weighted by Gasteiger charge is 2.42. The highest BCUT2D eigenvalue weighted by molar-refractivity contribution is 5.77. The number of amides is 1. The average Bonchev–Trinajstić information content (AvgIpc) is 2.59. The maximum absolute atomic E-state index is 11.6. The van der Waals surface area contributed by atoms with Gasteiger partial charge < -0.3 is 44.7 Å². The summed E-state index contributed by atoms with van der Waals surface area (Å²) in [7, 11) is 0. The van der Waals surface area contributed by atoms with E-state index in [9.17, 15) is 25.2 Å². The standard InChI is InChI=1S/C15H29NO9/c1-2-4-22-6-7-23-5-3-16-11(17)9-24-8-10-12(18)13(19)14(20)15(21)25-10/h10,12-15,18-21H,2-9H2,1H3,(H,16,17)/t10?,12-,13+,14?,15-/m1/s1. The molecule has 10 heteroatoms. The van der Waals surface area contributed by atoms with Crippen LogP contribution in [-0.2, 0) is 23.7 Å². The molecule has 0 aliphatic carbocycles. The zero-order valence-electron chi connectivity index (χ0n) is 14.4. The minimum absolute atomic E-state index is 0.222. The number of aliphatic hydroxyl groups is 4. The Morgan fingerprint density at radius 1 is 0.960 bits per heavy atom. The molecular formula is C15H29NO9. The van der Waals surface area contributed by atoms with E-state index in [2.05, 4.69) is 5.32 Å². The van der Waals surface area contributed by atoms with Gasteiger partial charge in [0.15, 0.2) is 6.29 Å². The molecule has 10 nitrogen and oxygen atoms in total. The van der Waals surface area contributed by atoms with Gasteiger partial charge in [0.05, 0.1) is 26.4 Å². The van der Waals surface area contributed by atoms with Gasteiger partial charge in [-0.05, 0) is 6.42 Å². The van der Waals surface area contributed by atoms with Crippen molar-refractivity contribution in [3.63, 3.8) is 0 Å². The third-order valence-corrected chi connectivity index (χ3v) is 3.49. The Morgan fingerprint density at radius 2 is 1.64 bits per heavy atom. The number of aliphatic hydroxyl groups excluding tert-OH is 4. The molecule has 0 saturated carbocycles. The summed E-state index contributed by atoms with van der Waals surface area (Å²) in [6.45, 7) is 3.86. The zero-order chi connectivity index (χ0) is 18.7. The minimum Gasteiger partial charge on any atom is -0.387 e. The van der Waals surface area contributed by atoms with Crippen molar-refractivity contribution in [2.24, 2.45) is 0 Å². The van der Waals surface area contributed by atoms with Crippen LogP contribution in [0.1, 0.15) is 13.3 Å². The third-order valence-electron chi connectivity index (χ3n) is 3.49. The van der Waals surface area contributed by atoms with E-state index in [4.69, 9.17) is 18.9 Å². The van der Waals surface area contributed by atoms with Crippen LogP contribution in [0.5, 0.6) is 0 Å². The van der Waals surface area contributed by atoms with E-state index in [-0.39, 0.29) is 19.1 Å². The van der Waals surface area contributed by atoms with Crippen LogP contribution >= 0.6 is 0 Å². The smallest absolute Gasteiger partial charge is 0.246 e. The minimum atomic E-state index is -1.63. The first-order valence-corrected chi connectivity index (χ1v) is 8.35. The molecule has 0 aromatic rings. The molecule has 1 aliphatic rings. The number of ether oxygens (including phenoxy) is 4. The quantitative estimate of drug-likeness (QED) is 0.234. The van der Waals surface area contributed by atoms with Crippen molar-refractivity contribution in [2.45, 2.75) is 44.1 Å². The Bertz CT molecular complexity index is 371. The monoisotopic (exact) mass is 367 g/mol. The van der Waals surface area contributed by atoms with Crippen LogP contribution in [0.25, 0.3) is 0 Å². The van der Waals surface area contributed by atoms with Crippen LogP contribution in [0.15, 0.2) is 0 Å². The molecule has 2 unspecified atom stereocenters. The van der Waals surface area contributed by atoms with Gasteiger partial charge in [-0.15, -0.1) is 0 Å². The fourth-order valence-electron chi connectivity index (χ4n) is 2.12. The fraction of sp³-hybridized carbons (Fsp3) is 0.933. The van der Waals surface area contributed by atoms with E-state index >= 15 is 0 Å². The highest BCUT2D eigenvalue weighted by Crippen LogP contribution is 2.19. The first-order chi connectivity index (χ1) is 12.0. The lowest BCUT2D eigenvalue weighted by molar-refractivity contribution is -0.288. The highest BCUT2D eigenvalue weighted by atomic mass is 16.6. The van der Waals surface area contributed by atoms with Gasteiger partial charge in [0.25, 0.3) is 0 Å². The second-order valence-corrected chi connectivity index (χ2v) is 5.63.